The summed E-state index contributed by atoms with van der Waals surface area (Å²) in [5, 5.41) is 6.39. The number of amides is 1. The van der Waals surface area contributed by atoms with Gasteiger partial charge in [-0.3, -0.25) is 4.79 Å². The molecule has 2 aromatic carbocycles. The van der Waals surface area contributed by atoms with E-state index in [1.165, 1.54) is 15.6 Å². The van der Waals surface area contributed by atoms with Gasteiger partial charge in [-0.25, -0.2) is 8.42 Å². The van der Waals surface area contributed by atoms with Crippen molar-refractivity contribution in [2.45, 2.75) is 23.1 Å². The van der Waals surface area contributed by atoms with Crippen molar-refractivity contribution in [3.05, 3.63) is 53.9 Å². The van der Waals surface area contributed by atoms with E-state index >= 15 is 0 Å². The van der Waals surface area contributed by atoms with E-state index < -0.39 is 16.1 Å². The lowest BCUT2D eigenvalue weighted by atomic mass is 10.1. The highest BCUT2D eigenvalue weighted by Crippen LogP contribution is 2.33. The maximum atomic E-state index is 13.0. The van der Waals surface area contributed by atoms with Gasteiger partial charge in [-0.1, -0.05) is 30.3 Å². The molecule has 146 valence electrons. The average molecular weight is 417 g/mol. The van der Waals surface area contributed by atoms with Gasteiger partial charge in [0.25, 0.3) is 10.0 Å². The first-order valence-corrected chi connectivity index (χ1v) is 11.3. The van der Waals surface area contributed by atoms with E-state index in [0.717, 1.165) is 16.5 Å². The van der Waals surface area contributed by atoms with E-state index in [-0.39, 0.29) is 10.1 Å². The summed E-state index contributed by atoms with van der Waals surface area (Å²) >= 11 is 1.17. The molecule has 6 nitrogen and oxygen atoms in total. The predicted molar refractivity (Wildman–Crippen MR) is 110 cm³/mol. The van der Waals surface area contributed by atoms with Crippen molar-refractivity contribution in [1.82, 2.24) is 4.31 Å². The third-order valence-electron chi connectivity index (χ3n) is 4.93. The van der Waals surface area contributed by atoms with Crippen molar-refractivity contribution < 1.29 is 17.9 Å². The molecule has 8 heteroatoms. The molecule has 0 saturated carbocycles. The van der Waals surface area contributed by atoms with Crippen molar-refractivity contribution in [3.8, 4) is 5.75 Å². The molecule has 1 aromatic heterocycles. The average Bonchev–Trinajstić information content (AvgIpc) is 3.40. The number of anilines is 1. The molecule has 1 aliphatic rings. The normalized spacial score (nSPS) is 17.7. The van der Waals surface area contributed by atoms with E-state index in [4.69, 9.17) is 4.74 Å². The first kappa shape index (κ1) is 18.9. The van der Waals surface area contributed by atoms with Gasteiger partial charge in [0.05, 0.1) is 7.11 Å². The highest BCUT2D eigenvalue weighted by molar-refractivity contribution is 7.91. The Morgan fingerprint density at radius 3 is 2.64 bits per heavy atom. The minimum atomic E-state index is -3.66. The van der Waals surface area contributed by atoms with Crippen LogP contribution in [0.1, 0.15) is 12.8 Å². The van der Waals surface area contributed by atoms with Crippen LogP contribution in [0, 0.1) is 0 Å². The number of hydrogen-bond acceptors (Lipinski definition) is 5. The molecule has 4 rings (SSSR count). The summed E-state index contributed by atoms with van der Waals surface area (Å²) in [5.41, 5.74) is 0.641. The van der Waals surface area contributed by atoms with Gasteiger partial charge in [-0.2, -0.15) is 4.31 Å². The number of carbonyl (C=O) groups excluding carboxylic acids is 1. The van der Waals surface area contributed by atoms with Crippen molar-refractivity contribution in [2.75, 3.05) is 19.0 Å². The van der Waals surface area contributed by atoms with E-state index in [1.54, 1.807) is 36.8 Å². The van der Waals surface area contributed by atoms with E-state index in [9.17, 15) is 13.2 Å². The zero-order chi connectivity index (χ0) is 19.7. The molecule has 1 unspecified atom stereocenters. The summed E-state index contributed by atoms with van der Waals surface area (Å²) in [6, 6.07) is 13.8. The fourth-order valence-electron chi connectivity index (χ4n) is 3.59. The molecule has 1 amide bonds. The summed E-state index contributed by atoms with van der Waals surface area (Å²) in [7, 11) is -2.06. The van der Waals surface area contributed by atoms with Gasteiger partial charge in [0.1, 0.15) is 16.0 Å². The Balaban J connectivity index is 1.63. The van der Waals surface area contributed by atoms with Crippen LogP contribution in [0.15, 0.2) is 58.1 Å². The smallest absolute Gasteiger partial charge is 0.253 e. The third kappa shape index (κ3) is 3.28. The SMILES string of the molecule is COc1ccc(NC(=O)C2CCCN2S(=O)(=O)c2cccs2)c2ccccc12. The second-order valence-corrected chi connectivity index (χ2v) is 9.62. The number of nitrogens with one attached hydrogen (secondary N) is 1. The summed E-state index contributed by atoms with van der Waals surface area (Å²) in [6.07, 6.45) is 1.16. The molecule has 1 saturated heterocycles. The molecule has 0 radical (unpaired) electrons. The molecule has 3 aromatic rings. The number of thiophene rings is 1. The van der Waals surface area contributed by atoms with E-state index in [0.29, 0.717) is 25.1 Å². The minimum Gasteiger partial charge on any atom is -0.496 e. The van der Waals surface area contributed by atoms with Gasteiger partial charge >= 0.3 is 0 Å². The Kier molecular flexibility index (Phi) is 5.09. The molecule has 1 fully saturated rings. The molecule has 28 heavy (non-hydrogen) atoms. The van der Waals surface area contributed by atoms with Crippen LogP contribution in [-0.2, 0) is 14.8 Å². The second-order valence-electron chi connectivity index (χ2n) is 6.56. The van der Waals surface area contributed by atoms with Crippen LogP contribution in [-0.4, -0.2) is 38.3 Å². The van der Waals surface area contributed by atoms with Crippen molar-refractivity contribution in [2.24, 2.45) is 0 Å². The van der Waals surface area contributed by atoms with Crippen LogP contribution < -0.4 is 10.1 Å². The number of nitrogens with zero attached hydrogens (tertiary/aromatic N) is 1. The van der Waals surface area contributed by atoms with Crippen LogP contribution in [0.25, 0.3) is 10.8 Å². The predicted octanol–water partition coefficient (Wildman–Crippen LogP) is 3.70. The Morgan fingerprint density at radius 1 is 1.14 bits per heavy atom. The molecule has 0 spiro atoms. The molecular formula is C20H20N2O4S2. The Bertz CT molecular complexity index is 1110. The lowest BCUT2D eigenvalue weighted by Gasteiger charge is -2.23. The zero-order valence-electron chi connectivity index (χ0n) is 15.3. The fraction of sp³-hybridized carbons (Fsp3) is 0.250. The van der Waals surface area contributed by atoms with Crippen LogP contribution in [0.2, 0.25) is 0 Å². The second kappa shape index (κ2) is 7.54. The number of methoxy groups -OCH3 is 1. The first-order valence-electron chi connectivity index (χ1n) is 8.94. The van der Waals surface area contributed by atoms with Gasteiger partial charge in [0, 0.05) is 23.0 Å². The lowest BCUT2D eigenvalue weighted by Crippen LogP contribution is -2.42. The van der Waals surface area contributed by atoms with Crippen molar-refractivity contribution in [1.29, 1.82) is 0 Å². The van der Waals surface area contributed by atoms with Crippen molar-refractivity contribution >= 4 is 43.7 Å². The molecular weight excluding hydrogens is 396 g/mol. The lowest BCUT2D eigenvalue weighted by molar-refractivity contribution is -0.119. The number of rotatable bonds is 5. The van der Waals surface area contributed by atoms with Crippen molar-refractivity contribution in [3.63, 3.8) is 0 Å². The number of hydrogen-bond donors (Lipinski definition) is 1. The molecule has 1 aliphatic heterocycles. The highest BCUT2D eigenvalue weighted by atomic mass is 32.2. The van der Waals surface area contributed by atoms with E-state index in [1.807, 2.05) is 24.3 Å². The first-order chi connectivity index (χ1) is 13.5. The fourth-order valence-corrected chi connectivity index (χ4v) is 6.37. The standard InChI is InChI=1S/C20H20N2O4S2/c1-26-18-11-10-16(14-6-2-3-7-15(14)18)21-20(23)17-8-4-12-22(17)28(24,25)19-9-5-13-27-19/h2-3,5-7,9-11,13,17H,4,8,12H2,1H3,(H,21,23). The molecule has 0 aliphatic carbocycles. The summed E-state index contributed by atoms with van der Waals surface area (Å²) < 4.78 is 32.8. The van der Waals surface area contributed by atoms with Gasteiger partial charge in [-0.15, -0.1) is 11.3 Å². The number of fused-ring (bicyclic) bond motifs is 1. The molecule has 1 N–H and O–H groups in total. The van der Waals surface area contributed by atoms with Crippen LogP contribution in [0.5, 0.6) is 5.75 Å². The van der Waals surface area contributed by atoms with Crippen LogP contribution in [0.3, 0.4) is 0 Å². The van der Waals surface area contributed by atoms with Gasteiger partial charge in [-0.05, 0) is 36.4 Å². The minimum absolute atomic E-state index is 0.266. The molecule has 2 heterocycles. The topological polar surface area (TPSA) is 75.7 Å². The number of benzene rings is 2. The number of sulfonamides is 1. The number of ether oxygens (including phenoxy) is 1. The maximum absolute atomic E-state index is 13.0. The van der Waals surface area contributed by atoms with Gasteiger partial charge in [0.15, 0.2) is 0 Å². The molecule has 0 bridgehead atoms. The highest BCUT2D eigenvalue weighted by Gasteiger charge is 2.40. The summed E-state index contributed by atoms with van der Waals surface area (Å²) in [6.45, 7) is 0.349. The van der Waals surface area contributed by atoms with Crippen LogP contribution >= 0.6 is 11.3 Å². The quantitative estimate of drug-likeness (QED) is 0.688. The third-order valence-corrected chi connectivity index (χ3v) is 8.21. The maximum Gasteiger partial charge on any atom is 0.253 e. The van der Waals surface area contributed by atoms with Gasteiger partial charge in [0.2, 0.25) is 5.91 Å². The van der Waals surface area contributed by atoms with Gasteiger partial charge < -0.3 is 10.1 Å². The Hall–Kier alpha value is -2.42. The number of carbonyl (C=O) groups is 1. The molecule has 1 atom stereocenters. The zero-order valence-corrected chi connectivity index (χ0v) is 16.9. The van der Waals surface area contributed by atoms with E-state index in [2.05, 4.69) is 5.32 Å². The monoisotopic (exact) mass is 416 g/mol. The largest absolute Gasteiger partial charge is 0.496 e. The van der Waals surface area contributed by atoms with Crippen LogP contribution in [0.4, 0.5) is 5.69 Å². The Labute approximate surface area is 167 Å². The Morgan fingerprint density at radius 2 is 1.93 bits per heavy atom. The summed E-state index contributed by atoms with van der Waals surface area (Å²) in [4.78, 5) is 13.0. The summed E-state index contributed by atoms with van der Waals surface area (Å²) in [5.74, 6) is 0.407.